The molecule has 0 saturated heterocycles. The first kappa shape index (κ1) is 15.0. The summed E-state index contributed by atoms with van der Waals surface area (Å²) < 4.78 is 6.92. The number of hydrogen-bond donors (Lipinski definition) is 1. The third kappa shape index (κ3) is 3.04. The van der Waals surface area contributed by atoms with Crippen LogP contribution in [0.1, 0.15) is 40.4 Å². The minimum Gasteiger partial charge on any atom is -0.497 e. The molecule has 6 heteroatoms. The van der Waals surface area contributed by atoms with Crippen molar-refractivity contribution in [3.63, 3.8) is 0 Å². The lowest BCUT2D eigenvalue weighted by molar-refractivity contribution is 0.0934. The normalized spacial score (nSPS) is 12.0. The number of aryl methyl sites for hydroxylation is 2. The number of aromatic nitrogens is 3. The van der Waals surface area contributed by atoms with E-state index in [2.05, 4.69) is 15.4 Å². The number of pyridine rings is 1. The molecule has 0 bridgehead atoms. The summed E-state index contributed by atoms with van der Waals surface area (Å²) in [7, 11) is 3.45. The molecular weight excluding hydrogens is 268 g/mol. The van der Waals surface area contributed by atoms with E-state index >= 15 is 0 Å². The second-order valence-corrected chi connectivity index (χ2v) is 4.98. The van der Waals surface area contributed by atoms with Gasteiger partial charge in [0.2, 0.25) is 0 Å². The van der Waals surface area contributed by atoms with Crippen LogP contribution in [0.15, 0.2) is 18.3 Å². The maximum Gasteiger partial charge on any atom is 0.270 e. The van der Waals surface area contributed by atoms with Gasteiger partial charge in [0.25, 0.3) is 5.91 Å². The zero-order valence-corrected chi connectivity index (χ0v) is 13.0. The largest absolute Gasteiger partial charge is 0.497 e. The highest BCUT2D eigenvalue weighted by molar-refractivity contribution is 5.92. The van der Waals surface area contributed by atoms with Gasteiger partial charge in [-0.25, -0.2) is 0 Å². The van der Waals surface area contributed by atoms with Gasteiger partial charge in [-0.2, -0.15) is 5.10 Å². The van der Waals surface area contributed by atoms with Crippen molar-refractivity contribution in [2.24, 2.45) is 7.05 Å². The molecular formula is C15H20N4O2. The summed E-state index contributed by atoms with van der Waals surface area (Å²) in [5, 5.41) is 7.32. The molecule has 2 rings (SSSR count). The van der Waals surface area contributed by atoms with E-state index < -0.39 is 0 Å². The molecule has 0 fully saturated rings. The molecule has 0 aliphatic carbocycles. The minimum absolute atomic E-state index is 0.140. The Kier molecular flexibility index (Phi) is 4.26. The van der Waals surface area contributed by atoms with E-state index in [4.69, 9.17) is 4.74 Å². The minimum atomic E-state index is -0.232. The fourth-order valence-electron chi connectivity index (χ4n) is 2.42. The summed E-state index contributed by atoms with van der Waals surface area (Å²) >= 11 is 0. The fourth-order valence-corrected chi connectivity index (χ4v) is 2.42. The number of nitrogens with zero attached hydrogens (tertiary/aromatic N) is 3. The van der Waals surface area contributed by atoms with Crippen molar-refractivity contribution in [3.05, 3.63) is 41.0 Å². The van der Waals surface area contributed by atoms with Gasteiger partial charge in [-0.05, 0) is 26.8 Å². The van der Waals surface area contributed by atoms with Crippen molar-refractivity contribution < 1.29 is 9.53 Å². The molecule has 2 heterocycles. The third-order valence-corrected chi connectivity index (χ3v) is 3.55. The van der Waals surface area contributed by atoms with E-state index in [0.717, 1.165) is 17.0 Å². The van der Waals surface area contributed by atoms with Crippen LogP contribution >= 0.6 is 0 Å². The predicted octanol–water partition coefficient (Wildman–Crippen LogP) is 1.93. The number of methoxy groups -OCH3 is 1. The number of nitrogens with one attached hydrogen (secondary N) is 1. The second-order valence-electron chi connectivity index (χ2n) is 4.98. The average molecular weight is 288 g/mol. The Bertz CT molecular complexity index is 664. The smallest absolute Gasteiger partial charge is 0.270 e. The SMILES string of the molecule is COc1ccnc(C(=O)N[C@H](C)c2c(C)nn(C)c2C)c1. The maximum atomic E-state index is 12.3. The van der Waals surface area contributed by atoms with Gasteiger partial charge >= 0.3 is 0 Å². The molecule has 1 N–H and O–H groups in total. The molecule has 1 amide bonds. The summed E-state index contributed by atoms with van der Waals surface area (Å²) in [5.41, 5.74) is 3.33. The van der Waals surface area contributed by atoms with Gasteiger partial charge in [-0.15, -0.1) is 0 Å². The Labute approximate surface area is 124 Å². The van der Waals surface area contributed by atoms with Crippen molar-refractivity contribution in [2.75, 3.05) is 7.11 Å². The number of carbonyl (C=O) groups excluding carboxylic acids is 1. The van der Waals surface area contributed by atoms with Crippen LogP contribution in [0, 0.1) is 13.8 Å². The van der Waals surface area contributed by atoms with Gasteiger partial charge < -0.3 is 10.1 Å². The van der Waals surface area contributed by atoms with Crippen molar-refractivity contribution >= 4 is 5.91 Å². The highest BCUT2D eigenvalue weighted by atomic mass is 16.5. The zero-order valence-electron chi connectivity index (χ0n) is 13.0. The molecule has 6 nitrogen and oxygen atoms in total. The fraction of sp³-hybridized carbons (Fsp3) is 0.400. The molecule has 0 saturated carbocycles. The summed E-state index contributed by atoms with van der Waals surface area (Å²) in [4.78, 5) is 16.3. The zero-order chi connectivity index (χ0) is 15.6. The first-order chi connectivity index (χ1) is 9.93. The molecule has 112 valence electrons. The van der Waals surface area contributed by atoms with Crippen LogP contribution in [0.5, 0.6) is 5.75 Å². The summed E-state index contributed by atoms with van der Waals surface area (Å²) in [5.74, 6) is 0.376. The number of rotatable bonds is 4. The van der Waals surface area contributed by atoms with Gasteiger partial charge in [0, 0.05) is 30.6 Å². The average Bonchev–Trinajstić information content (AvgIpc) is 2.72. The topological polar surface area (TPSA) is 69.0 Å². The van der Waals surface area contributed by atoms with Crippen LogP contribution in [0.25, 0.3) is 0 Å². The molecule has 21 heavy (non-hydrogen) atoms. The van der Waals surface area contributed by atoms with Gasteiger partial charge in [0.05, 0.1) is 18.8 Å². The van der Waals surface area contributed by atoms with E-state index in [1.165, 1.54) is 0 Å². The third-order valence-electron chi connectivity index (χ3n) is 3.55. The molecule has 2 aromatic rings. The van der Waals surface area contributed by atoms with Crippen LogP contribution in [-0.4, -0.2) is 27.8 Å². The van der Waals surface area contributed by atoms with Crippen LogP contribution in [0.4, 0.5) is 0 Å². The number of hydrogen-bond acceptors (Lipinski definition) is 4. The standard InChI is InChI=1S/C15H20N4O2/c1-9(14-10(2)18-19(4)11(14)3)17-15(20)13-8-12(21-5)6-7-16-13/h6-9H,1-5H3,(H,17,20)/t9-/m1/s1. The summed E-state index contributed by atoms with van der Waals surface area (Å²) in [6, 6.07) is 3.18. The number of ether oxygens (including phenoxy) is 1. The Morgan fingerprint density at radius 1 is 1.43 bits per heavy atom. The van der Waals surface area contributed by atoms with Crippen LogP contribution in [-0.2, 0) is 7.05 Å². The Hall–Kier alpha value is -2.37. The highest BCUT2D eigenvalue weighted by Crippen LogP contribution is 2.21. The van der Waals surface area contributed by atoms with E-state index in [1.807, 2.05) is 32.5 Å². The van der Waals surface area contributed by atoms with E-state index in [9.17, 15) is 4.79 Å². The van der Waals surface area contributed by atoms with E-state index in [-0.39, 0.29) is 11.9 Å². The molecule has 0 aliphatic heterocycles. The Morgan fingerprint density at radius 2 is 2.14 bits per heavy atom. The Balaban J connectivity index is 2.18. The second kappa shape index (κ2) is 5.95. The highest BCUT2D eigenvalue weighted by Gasteiger charge is 2.19. The molecule has 0 spiro atoms. The van der Waals surface area contributed by atoms with Crippen molar-refractivity contribution in [2.45, 2.75) is 26.8 Å². The first-order valence-corrected chi connectivity index (χ1v) is 6.75. The van der Waals surface area contributed by atoms with Crippen molar-refractivity contribution in [1.82, 2.24) is 20.1 Å². The molecule has 2 aromatic heterocycles. The molecule has 0 radical (unpaired) electrons. The molecule has 0 aromatic carbocycles. The quantitative estimate of drug-likeness (QED) is 0.933. The van der Waals surface area contributed by atoms with Crippen molar-refractivity contribution in [1.29, 1.82) is 0 Å². The molecule has 0 unspecified atom stereocenters. The van der Waals surface area contributed by atoms with Gasteiger partial charge in [-0.3, -0.25) is 14.5 Å². The lowest BCUT2D eigenvalue weighted by Crippen LogP contribution is -2.28. The number of amides is 1. The first-order valence-electron chi connectivity index (χ1n) is 6.75. The predicted molar refractivity (Wildman–Crippen MR) is 79.4 cm³/mol. The van der Waals surface area contributed by atoms with Gasteiger partial charge in [0.15, 0.2) is 0 Å². The maximum absolute atomic E-state index is 12.3. The van der Waals surface area contributed by atoms with Crippen LogP contribution < -0.4 is 10.1 Å². The molecule has 1 atom stereocenters. The summed E-state index contributed by atoms with van der Waals surface area (Å²) in [6.45, 7) is 5.87. The van der Waals surface area contributed by atoms with Crippen LogP contribution in [0.3, 0.4) is 0 Å². The lowest BCUT2D eigenvalue weighted by atomic mass is 10.1. The monoisotopic (exact) mass is 288 g/mol. The Morgan fingerprint density at radius 3 is 2.71 bits per heavy atom. The van der Waals surface area contributed by atoms with Crippen molar-refractivity contribution in [3.8, 4) is 5.75 Å². The van der Waals surface area contributed by atoms with E-state index in [1.54, 1.807) is 25.4 Å². The van der Waals surface area contributed by atoms with Gasteiger partial charge in [0.1, 0.15) is 11.4 Å². The lowest BCUT2D eigenvalue weighted by Gasteiger charge is -2.14. The molecule has 0 aliphatic rings. The number of carbonyl (C=O) groups is 1. The van der Waals surface area contributed by atoms with Crippen LogP contribution in [0.2, 0.25) is 0 Å². The van der Waals surface area contributed by atoms with Gasteiger partial charge in [-0.1, -0.05) is 0 Å². The van der Waals surface area contributed by atoms with E-state index in [0.29, 0.717) is 11.4 Å². The summed E-state index contributed by atoms with van der Waals surface area (Å²) in [6.07, 6.45) is 1.55.